The highest BCUT2D eigenvalue weighted by Crippen LogP contribution is 2.33. The smallest absolute Gasteiger partial charge is 0.341 e. The molecule has 6 rings (SSSR count). The molecule has 0 unspecified atom stereocenters. The maximum Gasteiger partial charge on any atom is 0.341 e. The number of primary amides is 1. The first kappa shape index (κ1) is 55.0. The number of nitrogens with two attached hydrogens (primary N) is 1. The zero-order chi connectivity index (χ0) is 49.7. The van der Waals surface area contributed by atoms with Crippen molar-refractivity contribution in [3.8, 4) is 22.6 Å². The molecule has 21 heteroatoms. The molecule has 1 atom stereocenters. The number of nitrogens with one attached hydrogen (secondary N) is 1. The van der Waals surface area contributed by atoms with Crippen LogP contribution in [0.4, 0.5) is 13.2 Å². The highest BCUT2D eigenvalue weighted by Gasteiger charge is 2.24. The molecule has 14 nitrogen and oxygen atoms in total. The molecule has 354 valence electrons. The van der Waals surface area contributed by atoms with Crippen molar-refractivity contribution in [3.63, 3.8) is 0 Å². The van der Waals surface area contributed by atoms with Gasteiger partial charge in [-0.05, 0) is 80.8 Å². The van der Waals surface area contributed by atoms with Crippen LogP contribution in [0.1, 0.15) is 54.7 Å². The summed E-state index contributed by atoms with van der Waals surface area (Å²) in [6.45, 7) is 4.86. The summed E-state index contributed by atoms with van der Waals surface area (Å²) in [6, 6.07) is 19.1. The number of carboxylic acids is 1. The number of hydrogen-bond acceptors (Lipinski definition) is 11. The number of carbonyl (C=O) groups is 4. The maximum absolute atomic E-state index is 14.1. The lowest BCUT2D eigenvalue weighted by Crippen LogP contribution is -2.24. The van der Waals surface area contributed by atoms with E-state index in [9.17, 15) is 37.1 Å². The van der Waals surface area contributed by atoms with Crippen LogP contribution in [0, 0.1) is 17.5 Å². The van der Waals surface area contributed by atoms with E-state index in [0.717, 1.165) is 12.1 Å². The summed E-state index contributed by atoms with van der Waals surface area (Å²) in [7, 11) is 0. The Bertz CT molecular complexity index is 2670. The van der Waals surface area contributed by atoms with Crippen LogP contribution in [-0.4, -0.2) is 72.8 Å². The number of pyridine rings is 4. The molecule has 0 aliphatic heterocycles. The second-order valence-corrected chi connectivity index (χ2v) is 16.4. The van der Waals surface area contributed by atoms with E-state index in [2.05, 4.69) is 35.9 Å². The van der Waals surface area contributed by atoms with Gasteiger partial charge >= 0.3 is 11.9 Å². The number of hydrogen-bond donors (Lipinski definition) is 3. The highest BCUT2D eigenvalue weighted by molar-refractivity contribution is 9.09. The van der Waals surface area contributed by atoms with Crippen molar-refractivity contribution in [2.75, 3.05) is 18.5 Å². The van der Waals surface area contributed by atoms with Crippen molar-refractivity contribution in [3.05, 3.63) is 170 Å². The van der Waals surface area contributed by atoms with Gasteiger partial charge in [-0.3, -0.25) is 24.2 Å². The number of ketones is 1. The lowest BCUT2D eigenvalue weighted by atomic mass is 9.86. The second kappa shape index (κ2) is 27.3. The molecule has 0 spiro atoms. The van der Waals surface area contributed by atoms with Gasteiger partial charge in [-0.25, -0.2) is 27.9 Å². The van der Waals surface area contributed by atoms with Gasteiger partial charge < -0.3 is 30.0 Å². The van der Waals surface area contributed by atoms with E-state index in [-0.39, 0.29) is 70.0 Å². The van der Waals surface area contributed by atoms with Crippen molar-refractivity contribution in [1.82, 2.24) is 19.9 Å². The van der Waals surface area contributed by atoms with E-state index >= 15 is 0 Å². The Kier molecular flexibility index (Phi) is 22.4. The van der Waals surface area contributed by atoms with Crippen LogP contribution >= 0.6 is 50.7 Å². The molecular formula is C46H42BrCl3F3N5O9. The number of benzene rings is 2. The Morgan fingerprint density at radius 3 is 1.91 bits per heavy atom. The second-order valence-electron chi connectivity index (χ2n) is 14.6. The molecule has 4 aromatic heterocycles. The number of esters is 1. The van der Waals surface area contributed by atoms with Crippen molar-refractivity contribution >= 4 is 74.4 Å². The summed E-state index contributed by atoms with van der Waals surface area (Å²) < 4.78 is 57.3. The predicted molar refractivity (Wildman–Crippen MR) is 249 cm³/mol. The minimum Gasteiger partial charge on any atom is -0.486 e. The minimum absolute atomic E-state index is 0.0649. The predicted octanol–water partition coefficient (Wildman–Crippen LogP) is 9.63. The minimum atomic E-state index is -1.03. The van der Waals surface area contributed by atoms with Gasteiger partial charge in [-0.15, -0.1) is 0 Å². The number of aromatic amines is 1. The van der Waals surface area contributed by atoms with E-state index in [1.54, 1.807) is 18.2 Å². The van der Waals surface area contributed by atoms with Crippen LogP contribution in [0.25, 0.3) is 11.1 Å². The Balaban J connectivity index is 0.000000329. The number of carbonyl (C=O) groups excluding carboxylic acids is 3. The Morgan fingerprint density at radius 2 is 1.42 bits per heavy atom. The number of amides is 1. The number of halogens is 7. The molecule has 1 amide bonds. The fourth-order valence-corrected chi connectivity index (χ4v) is 6.14. The van der Waals surface area contributed by atoms with E-state index in [1.807, 2.05) is 20.8 Å². The Hall–Kier alpha value is -6.34. The van der Waals surface area contributed by atoms with Gasteiger partial charge in [0.15, 0.2) is 17.8 Å². The van der Waals surface area contributed by atoms with Crippen molar-refractivity contribution in [2.24, 2.45) is 5.73 Å². The summed E-state index contributed by atoms with van der Waals surface area (Å²) in [5.41, 5.74) is 6.25. The maximum atomic E-state index is 14.1. The summed E-state index contributed by atoms with van der Waals surface area (Å²) >= 11 is 19.8. The number of ether oxygens (including phenoxy) is 3. The fourth-order valence-electron chi connectivity index (χ4n) is 5.53. The molecular weight excluding hydrogens is 1010 g/mol. The largest absolute Gasteiger partial charge is 0.486 e. The quantitative estimate of drug-likeness (QED) is 0.0528. The van der Waals surface area contributed by atoms with E-state index in [1.165, 1.54) is 79.4 Å². The van der Waals surface area contributed by atoms with Gasteiger partial charge in [0, 0.05) is 73.0 Å². The first-order valence-corrected chi connectivity index (χ1v) is 21.7. The third-order valence-electron chi connectivity index (χ3n) is 8.07. The number of nitrogens with zero attached hydrogens (tertiary/aromatic N) is 3. The zero-order valence-corrected chi connectivity index (χ0v) is 39.6. The monoisotopic (exact) mass is 1050 g/mol. The highest BCUT2D eigenvalue weighted by atomic mass is 79.9. The SMILES string of the molecule is CC(C)(C)OC(=O)CBr.NC(=O)c1cc(-c2cccnc2[C@@H](CC(=O)COc2ccnc(Cl)c2)Cc2cc(F)cc(F)c2)ccc1F.O=C(O)COc1ccnc(Cl)c1.O=c1cc[nH]c(Cl)c1. The number of alkyl halides is 1. The number of aliphatic carboxylic acids is 1. The van der Waals surface area contributed by atoms with Gasteiger partial charge in [0.05, 0.1) is 11.3 Å². The number of carboxylic acid groups (broad SMARTS) is 1. The van der Waals surface area contributed by atoms with Crippen molar-refractivity contribution < 1.29 is 51.7 Å². The molecule has 0 bridgehead atoms. The molecule has 4 heterocycles. The van der Waals surface area contributed by atoms with Crippen LogP contribution in [-0.2, 0) is 25.5 Å². The number of aromatic nitrogens is 4. The van der Waals surface area contributed by atoms with Gasteiger partial charge in [0.2, 0.25) is 0 Å². The van der Waals surface area contributed by atoms with E-state index in [4.69, 9.17) is 59.9 Å². The average Bonchev–Trinajstić information content (AvgIpc) is 3.24. The van der Waals surface area contributed by atoms with Crippen molar-refractivity contribution in [2.45, 2.75) is 45.1 Å². The molecule has 0 fully saturated rings. The molecule has 0 saturated carbocycles. The summed E-state index contributed by atoms with van der Waals surface area (Å²) in [5.74, 6) is -4.68. The number of rotatable bonds is 14. The molecule has 6 aromatic rings. The lowest BCUT2D eigenvalue weighted by Gasteiger charge is -2.20. The number of H-pyrrole nitrogens is 1. The van der Waals surface area contributed by atoms with Crippen LogP contribution in [0.5, 0.6) is 11.5 Å². The topological polar surface area (TPSA) is 214 Å². The first-order valence-electron chi connectivity index (χ1n) is 19.5. The summed E-state index contributed by atoms with van der Waals surface area (Å²) in [5, 5.41) is 9.39. The number of Topliss-reactive ketones (excluding diaryl/α,β-unsaturated/α-hetero) is 1. The van der Waals surface area contributed by atoms with E-state index in [0.29, 0.717) is 39.0 Å². The first-order chi connectivity index (χ1) is 31.6. The van der Waals surface area contributed by atoms with Crippen LogP contribution in [0.2, 0.25) is 15.5 Å². The van der Waals surface area contributed by atoms with Crippen LogP contribution in [0.15, 0.2) is 115 Å². The van der Waals surface area contributed by atoms with Crippen LogP contribution in [0.3, 0.4) is 0 Å². The molecule has 2 aromatic carbocycles. The standard InChI is InChI=1S/C28H21ClF3N3O3.C7H6ClNO3.C6H11BrO2.C5H4ClNO/c29-26-14-22(5-7-34-26)38-15-21(36)11-18(8-16-9-19(30)13-20(31)10-16)27-23(2-1-6-35-27)17-3-4-25(32)24(12-17)28(33)37;8-6-3-5(1-2-9-6)12-4-7(10)11;1-6(2,3)9-5(8)4-7;6-5-3-4(8)1-2-7-5/h1-7,9-10,12-14,18H,8,11,15H2,(H2,33,37);1-3H,4H2,(H,10,11);4H2,1-3H3;1-3H,(H,7,8)/t18-;;;/m1.../s1. The Labute approximate surface area is 405 Å². The molecule has 0 saturated heterocycles. The fraction of sp³-hybridized carbons (Fsp3) is 0.217. The molecule has 0 aliphatic rings. The van der Waals surface area contributed by atoms with Gasteiger partial charge in [0.25, 0.3) is 5.91 Å². The zero-order valence-electron chi connectivity index (χ0n) is 35.8. The van der Waals surface area contributed by atoms with Crippen LogP contribution < -0.4 is 20.6 Å². The summed E-state index contributed by atoms with van der Waals surface area (Å²) in [4.78, 5) is 70.4. The third-order valence-corrected chi connectivity index (χ3v) is 9.16. The van der Waals surface area contributed by atoms with Gasteiger partial charge in [0.1, 0.15) is 61.9 Å². The molecule has 4 N–H and O–H groups in total. The molecule has 67 heavy (non-hydrogen) atoms. The van der Waals surface area contributed by atoms with Gasteiger partial charge in [-0.2, -0.15) is 0 Å². The molecule has 0 aliphatic carbocycles. The summed E-state index contributed by atoms with van der Waals surface area (Å²) in [6.07, 6.45) is 5.87. The lowest BCUT2D eigenvalue weighted by molar-refractivity contribution is -0.151. The normalized spacial score (nSPS) is 10.9. The van der Waals surface area contributed by atoms with E-state index < -0.39 is 35.2 Å². The van der Waals surface area contributed by atoms with Gasteiger partial charge in [-0.1, -0.05) is 62.9 Å². The Morgan fingerprint density at radius 1 is 0.806 bits per heavy atom. The van der Waals surface area contributed by atoms with Crippen molar-refractivity contribution in [1.29, 1.82) is 0 Å². The molecule has 0 radical (unpaired) electrons. The average molecular weight is 1050 g/mol. The third kappa shape index (κ3) is 21.2.